The van der Waals surface area contributed by atoms with Crippen LogP contribution < -0.4 is 15.4 Å². The summed E-state index contributed by atoms with van der Waals surface area (Å²) in [6.45, 7) is 3.76. The van der Waals surface area contributed by atoms with Crippen LogP contribution in [0.5, 0.6) is 5.75 Å². The van der Waals surface area contributed by atoms with E-state index in [1.54, 1.807) is 17.0 Å². The summed E-state index contributed by atoms with van der Waals surface area (Å²) >= 11 is 0. The van der Waals surface area contributed by atoms with Gasteiger partial charge in [-0.15, -0.1) is 0 Å². The van der Waals surface area contributed by atoms with Crippen molar-refractivity contribution in [2.24, 2.45) is 5.92 Å². The molecule has 1 saturated heterocycles. The SMILES string of the molecule is CCCCOc1ccc(C(=O)N2CCCC(C(=O)N[C@@H]3CCCC[C@H]3NC(=O)c3ccc(F)cc3)C2)cc1. The highest BCUT2D eigenvalue weighted by molar-refractivity contribution is 5.95. The number of rotatable bonds is 9. The molecule has 3 amide bonds. The van der Waals surface area contributed by atoms with Crippen molar-refractivity contribution in [3.63, 3.8) is 0 Å². The monoisotopic (exact) mass is 523 g/mol. The zero-order chi connectivity index (χ0) is 26.9. The largest absolute Gasteiger partial charge is 0.494 e. The Morgan fingerprint density at radius 3 is 2.24 bits per heavy atom. The van der Waals surface area contributed by atoms with Gasteiger partial charge in [-0.3, -0.25) is 14.4 Å². The second kappa shape index (κ2) is 13.4. The molecule has 2 aromatic rings. The summed E-state index contributed by atoms with van der Waals surface area (Å²) in [5.41, 5.74) is 0.980. The number of piperidine rings is 1. The van der Waals surface area contributed by atoms with E-state index < -0.39 is 5.82 Å². The molecule has 2 N–H and O–H groups in total. The molecule has 7 nitrogen and oxygen atoms in total. The van der Waals surface area contributed by atoms with Gasteiger partial charge in [0.2, 0.25) is 5.91 Å². The first-order valence-corrected chi connectivity index (χ1v) is 13.8. The lowest BCUT2D eigenvalue weighted by Crippen LogP contribution is -2.55. The minimum absolute atomic E-state index is 0.0740. The number of halogens is 1. The van der Waals surface area contributed by atoms with E-state index in [9.17, 15) is 18.8 Å². The fourth-order valence-electron chi connectivity index (χ4n) is 5.22. The second-order valence-corrected chi connectivity index (χ2v) is 10.3. The molecule has 1 aliphatic heterocycles. The van der Waals surface area contributed by atoms with Crippen molar-refractivity contribution in [3.8, 4) is 5.75 Å². The van der Waals surface area contributed by atoms with Crippen molar-refractivity contribution in [2.45, 2.75) is 70.4 Å². The van der Waals surface area contributed by atoms with E-state index in [4.69, 9.17) is 4.74 Å². The number of benzene rings is 2. The van der Waals surface area contributed by atoms with Gasteiger partial charge in [0.05, 0.1) is 12.5 Å². The lowest BCUT2D eigenvalue weighted by atomic mass is 9.88. The van der Waals surface area contributed by atoms with E-state index >= 15 is 0 Å². The minimum atomic E-state index is -0.391. The van der Waals surface area contributed by atoms with Crippen LogP contribution in [0.1, 0.15) is 79.0 Å². The Hall–Kier alpha value is -3.42. The highest BCUT2D eigenvalue weighted by Crippen LogP contribution is 2.23. The molecule has 3 atom stereocenters. The molecule has 1 saturated carbocycles. The van der Waals surface area contributed by atoms with Gasteiger partial charge in [0.15, 0.2) is 0 Å². The zero-order valence-corrected chi connectivity index (χ0v) is 22.1. The Bertz CT molecular complexity index is 1090. The molecule has 2 aliphatic rings. The van der Waals surface area contributed by atoms with E-state index in [2.05, 4.69) is 17.6 Å². The molecule has 0 radical (unpaired) electrons. The molecular weight excluding hydrogens is 485 g/mol. The van der Waals surface area contributed by atoms with E-state index in [-0.39, 0.29) is 35.7 Å². The van der Waals surface area contributed by atoms with Crippen molar-refractivity contribution >= 4 is 17.7 Å². The van der Waals surface area contributed by atoms with Crippen LogP contribution in [0, 0.1) is 11.7 Å². The number of ether oxygens (including phenoxy) is 1. The van der Waals surface area contributed by atoms with Crippen LogP contribution in [0.4, 0.5) is 4.39 Å². The van der Waals surface area contributed by atoms with Crippen molar-refractivity contribution in [1.29, 1.82) is 0 Å². The van der Waals surface area contributed by atoms with Crippen LogP contribution in [-0.4, -0.2) is 54.4 Å². The summed E-state index contributed by atoms with van der Waals surface area (Å²) in [6, 6.07) is 12.3. The van der Waals surface area contributed by atoms with Gasteiger partial charge >= 0.3 is 0 Å². The fourth-order valence-corrected chi connectivity index (χ4v) is 5.22. The normalized spacial score (nSPS) is 21.4. The van der Waals surface area contributed by atoms with Gasteiger partial charge in [0.25, 0.3) is 11.8 Å². The predicted molar refractivity (Wildman–Crippen MR) is 144 cm³/mol. The lowest BCUT2D eigenvalue weighted by molar-refractivity contribution is -0.127. The standard InChI is InChI=1S/C30H38FN3O4/c1-2-3-19-38-25-16-12-22(13-17-25)30(37)34-18-6-7-23(20-34)29(36)33-27-9-5-4-8-26(27)32-28(35)21-10-14-24(31)15-11-21/h10-17,23,26-27H,2-9,18-20H2,1H3,(H,32,35)(H,33,36)/t23?,26-,27-/m1/s1. The maximum absolute atomic E-state index is 13.3. The number of carbonyl (C=O) groups excluding carboxylic acids is 3. The number of amides is 3. The molecule has 4 rings (SSSR count). The quantitative estimate of drug-likeness (QED) is 0.466. The molecule has 8 heteroatoms. The fraction of sp³-hybridized carbons (Fsp3) is 0.500. The molecule has 204 valence electrons. The van der Waals surface area contributed by atoms with Gasteiger partial charge in [-0.05, 0) is 80.6 Å². The number of nitrogens with one attached hydrogen (secondary N) is 2. The van der Waals surface area contributed by atoms with Crippen LogP contribution in [-0.2, 0) is 4.79 Å². The number of likely N-dealkylation sites (tertiary alicyclic amines) is 1. The number of hydrogen-bond donors (Lipinski definition) is 2. The van der Waals surface area contributed by atoms with Gasteiger partial charge in [0, 0.05) is 36.3 Å². The summed E-state index contributed by atoms with van der Waals surface area (Å²) in [5, 5.41) is 6.20. The predicted octanol–water partition coefficient (Wildman–Crippen LogP) is 4.71. The smallest absolute Gasteiger partial charge is 0.253 e. The maximum atomic E-state index is 13.3. The van der Waals surface area contributed by atoms with E-state index in [1.807, 2.05) is 12.1 Å². The Labute approximate surface area is 224 Å². The molecule has 0 bridgehead atoms. The highest BCUT2D eigenvalue weighted by Gasteiger charge is 2.33. The van der Waals surface area contributed by atoms with Crippen molar-refractivity contribution in [2.75, 3.05) is 19.7 Å². The van der Waals surface area contributed by atoms with Crippen LogP contribution in [0.2, 0.25) is 0 Å². The van der Waals surface area contributed by atoms with Crippen LogP contribution >= 0.6 is 0 Å². The van der Waals surface area contributed by atoms with E-state index in [1.165, 1.54) is 24.3 Å². The maximum Gasteiger partial charge on any atom is 0.253 e. The molecule has 1 heterocycles. The summed E-state index contributed by atoms with van der Waals surface area (Å²) in [6.07, 6.45) is 7.02. The van der Waals surface area contributed by atoms with Gasteiger partial charge < -0.3 is 20.3 Å². The number of nitrogens with zero attached hydrogens (tertiary/aromatic N) is 1. The molecule has 38 heavy (non-hydrogen) atoms. The molecular formula is C30H38FN3O4. The van der Waals surface area contributed by atoms with Gasteiger partial charge in [-0.1, -0.05) is 26.2 Å². The molecule has 1 aliphatic carbocycles. The first-order chi connectivity index (χ1) is 18.4. The van der Waals surface area contributed by atoms with Crippen molar-refractivity contribution in [1.82, 2.24) is 15.5 Å². The van der Waals surface area contributed by atoms with Crippen molar-refractivity contribution < 1.29 is 23.5 Å². The average molecular weight is 524 g/mol. The van der Waals surface area contributed by atoms with E-state index in [0.29, 0.717) is 30.8 Å². The van der Waals surface area contributed by atoms with Gasteiger partial charge in [-0.2, -0.15) is 0 Å². The summed E-state index contributed by atoms with van der Waals surface area (Å²) in [4.78, 5) is 40.9. The van der Waals surface area contributed by atoms with Gasteiger partial charge in [0.1, 0.15) is 11.6 Å². The molecule has 0 spiro atoms. The minimum Gasteiger partial charge on any atom is -0.494 e. The van der Waals surface area contributed by atoms with Crippen molar-refractivity contribution in [3.05, 3.63) is 65.5 Å². The average Bonchev–Trinajstić information content (AvgIpc) is 2.94. The second-order valence-electron chi connectivity index (χ2n) is 10.3. The Morgan fingerprint density at radius 2 is 1.55 bits per heavy atom. The summed E-state index contributed by atoms with van der Waals surface area (Å²) in [5.74, 6) is -0.357. The number of hydrogen-bond acceptors (Lipinski definition) is 4. The van der Waals surface area contributed by atoms with E-state index in [0.717, 1.165) is 57.1 Å². The zero-order valence-electron chi connectivity index (χ0n) is 22.1. The highest BCUT2D eigenvalue weighted by atomic mass is 19.1. The van der Waals surface area contributed by atoms with Crippen LogP contribution in [0.25, 0.3) is 0 Å². The molecule has 2 aromatic carbocycles. The third kappa shape index (κ3) is 7.33. The van der Waals surface area contributed by atoms with Crippen LogP contribution in [0.15, 0.2) is 48.5 Å². The first-order valence-electron chi connectivity index (χ1n) is 13.8. The van der Waals surface area contributed by atoms with Crippen LogP contribution in [0.3, 0.4) is 0 Å². The first kappa shape index (κ1) is 27.6. The summed E-state index contributed by atoms with van der Waals surface area (Å²) in [7, 11) is 0. The lowest BCUT2D eigenvalue weighted by Gasteiger charge is -2.36. The summed E-state index contributed by atoms with van der Waals surface area (Å²) < 4.78 is 18.9. The number of carbonyl (C=O) groups is 3. The molecule has 2 fully saturated rings. The third-order valence-corrected chi connectivity index (χ3v) is 7.46. The van der Waals surface area contributed by atoms with Gasteiger partial charge in [-0.25, -0.2) is 4.39 Å². The topological polar surface area (TPSA) is 87.7 Å². The Balaban J connectivity index is 1.32. The molecule has 0 aromatic heterocycles. The Kier molecular flexibility index (Phi) is 9.73. The molecule has 1 unspecified atom stereocenters. The third-order valence-electron chi connectivity index (χ3n) is 7.46. The number of unbranched alkanes of at least 4 members (excludes halogenated alkanes) is 1. The Morgan fingerprint density at radius 1 is 0.895 bits per heavy atom.